The number of aryl methyl sites for hydroxylation is 2. The first-order valence-corrected chi connectivity index (χ1v) is 6.66. The largest absolute Gasteiger partial charge is 0.478 e. The van der Waals surface area contributed by atoms with Gasteiger partial charge >= 0.3 is 5.97 Å². The fourth-order valence-electron chi connectivity index (χ4n) is 1.95. The summed E-state index contributed by atoms with van der Waals surface area (Å²) in [6, 6.07) is 8.45. The lowest BCUT2D eigenvalue weighted by molar-refractivity contribution is 0.0697. The smallest absolute Gasteiger partial charge is 0.335 e. The summed E-state index contributed by atoms with van der Waals surface area (Å²) in [5.41, 5.74) is 9.68. The molecule has 1 aromatic heterocycles. The highest BCUT2D eigenvalue weighted by Gasteiger charge is 2.10. The number of nitrogens with zero attached hydrogens (tertiary/aromatic N) is 2. The van der Waals surface area contributed by atoms with Gasteiger partial charge in [-0.05, 0) is 43.7 Å². The van der Waals surface area contributed by atoms with E-state index in [1.807, 2.05) is 26.0 Å². The molecule has 0 saturated carbocycles. The number of carboxylic acid groups (broad SMARTS) is 1. The molecule has 0 saturated heterocycles. The molecule has 5 N–H and O–H groups in total. The molecule has 0 aliphatic carbocycles. The van der Waals surface area contributed by atoms with Crippen LogP contribution >= 0.6 is 0 Å². The van der Waals surface area contributed by atoms with Gasteiger partial charge in [0.1, 0.15) is 0 Å². The van der Waals surface area contributed by atoms with E-state index < -0.39 is 5.97 Å². The molecular weight excluding hydrogens is 280 g/mol. The zero-order chi connectivity index (χ0) is 16.3. The van der Waals surface area contributed by atoms with Crippen LogP contribution in [0.25, 0.3) is 5.70 Å². The monoisotopic (exact) mass is 298 g/mol. The summed E-state index contributed by atoms with van der Waals surface area (Å²) < 4.78 is 0. The van der Waals surface area contributed by atoms with Crippen LogP contribution in [-0.2, 0) is 0 Å². The number of pyridine rings is 1. The lowest BCUT2D eigenvalue weighted by atomic mass is 10.1. The fraction of sp³-hybridized carbons (Fsp3) is 0.125. The van der Waals surface area contributed by atoms with Gasteiger partial charge in [-0.3, -0.25) is 9.99 Å². The molecule has 0 fully saturated rings. The number of aromatic carboxylic acids is 1. The first-order valence-electron chi connectivity index (χ1n) is 6.66. The number of benzene rings is 1. The lowest BCUT2D eigenvalue weighted by Gasteiger charge is -2.18. The molecule has 2 rings (SSSR count). The van der Waals surface area contributed by atoms with Crippen molar-refractivity contribution in [3.8, 4) is 0 Å². The van der Waals surface area contributed by atoms with Gasteiger partial charge in [0.2, 0.25) is 0 Å². The van der Waals surface area contributed by atoms with Crippen molar-refractivity contribution in [3.05, 3.63) is 65.1 Å². The van der Waals surface area contributed by atoms with Crippen LogP contribution in [0.5, 0.6) is 0 Å². The quantitative estimate of drug-likeness (QED) is 0.589. The summed E-state index contributed by atoms with van der Waals surface area (Å²) in [4.78, 5) is 15.2. The molecule has 22 heavy (non-hydrogen) atoms. The van der Waals surface area contributed by atoms with Crippen LogP contribution < -0.4 is 16.6 Å². The SMILES string of the molecule is Cc1ccc(C(N)=CN(N)c2cc(C(=O)O)ccc2C)cn1. The third-order valence-electron chi connectivity index (χ3n) is 3.26. The highest BCUT2D eigenvalue weighted by atomic mass is 16.4. The van der Waals surface area contributed by atoms with Crippen LogP contribution in [0, 0.1) is 13.8 Å². The maximum absolute atomic E-state index is 11.1. The maximum atomic E-state index is 11.1. The van der Waals surface area contributed by atoms with Crippen molar-refractivity contribution >= 4 is 17.4 Å². The highest BCUT2D eigenvalue weighted by molar-refractivity contribution is 5.89. The van der Waals surface area contributed by atoms with E-state index in [1.54, 1.807) is 18.5 Å². The summed E-state index contributed by atoms with van der Waals surface area (Å²) in [5.74, 6) is 4.99. The predicted octanol–water partition coefficient (Wildman–Crippen LogP) is 2.03. The van der Waals surface area contributed by atoms with Crippen molar-refractivity contribution in [3.63, 3.8) is 0 Å². The fourth-order valence-corrected chi connectivity index (χ4v) is 1.95. The Morgan fingerprint density at radius 1 is 1.23 bits per heavy atom. The van der Waals surface area contributed by atoms with Gasteiger partial charge in [-0.25, -0.2) is 10.6 Å². The topological polar surface area (TPSA) is 105 Å². The summed E-state index contributed by atoms with van der Waals surface area (Å²) in [6.07, 6.45) is 3.20. The first-order chi connectivity index (χ1) is 10.4. The van der Waals surface area contributed by atoms with Crippen LogP contribution in [0.1, 0.15) is 27.2 Å². The van der Waals surface area contributed by atoms with E-state index in [4.69, 9.17) is 16.7 Å². The Kier molecular flexibility index (Phi) is 4.43. The molecule has 0 aliphatic rings. The van der Waals surface area contributed by atoms with E-state index in [1.165, 1.54) is 17.1 Å². The normalized spacial score (nSPS) is 11.3. The van der Waals surface area contributed by atoms with Crippen molar-refractivity contribution in [1.82, 2.24) is 4.98 Å². The third kappa shape index (κ3) is 3.42. The number of carboxylic acids is 1. The van der Waals surface area contributed by atoms with Gasteiger partial charge in [-0.1, -0.05) is 6.07 Å². The van der Waals surface area contributed by atoms with Crippen LogP contribution in [0.4, 0.5) is 5.69 Å². The number of aromatic nitrogens is 1. The Morgan fingerprint density at radius 3 is 2.50 bits per heavy atom. The molecule has 0 aliphatic heterocycles. The second-order valence-corrected chi connectivity index (χ2v) is 4.99. The minimum absolute atomic E-state index is 0.167. The van der Waals surface area contributed by atoms with Crippen molar-refractivity contribution < 1.29 is 9.90 Å². The molecule has 0 amide bonds. The van der Waals surface area contributed by atoms with Crippen LogP contribution in [-0.4, -0.2) is 16.1 Å². The summed E-state index contributed by atoms with van der Waals surface area (Å²) >= 11 is 0. The molecule has 0 atom stereocenters. The van der Waals surface area contributed by atoms with Gasteiger partial charge in [0.25, 0.3) is 0 Å². The van der Waals surface area contributed by atoms with E-state index in [0.29, 0.717) is 11.4 Å². The molecular formula is C16H18N4O2. The van der Waals surface area contributed by atoms with Crippen molar-refractivity contribution in [2.45, 2.75) is 13.8 Å². The number of hydrogen-bond acceptors (Lipinski definition) is 5. The average Bonchev–Trinajstić information content (AvgIpc) is 2.47. The number of carbonyl (C=O) groups is 1. The van der Waals surface area contributed by atoms with Gasteiger partial charge in [0, 0.05) is 23.7 Å². The molecule has 1 aromatic carbocycles. The molecule has 0 radical (unpaired) electrons. The maximum Gasteiger partial charge on any atom is 0.335 e. The molecule has 0 unspecified atom stereocenters. The van der Waals surface area contributed by atoms with E-state index >= 15 is 0 Å². The number of hydrazine groups is 1. The van der Waals surface area contributed by atoms with Gasteiger partial charge in [0.15, 0.2) is 0 Å². The van der Waals surface area contributed by atoms with Crippen molar-refractivity contribution in [2.75, 3.05) is 5.01 Å². The molecule has 0 bridgehead atoms. The number of nitrogens with two attached hydrogens (primary N) is 2. The molecule has 114 valence electrons. The average molecular weight is 298 g/mol. The van der Waals surface area contributed by atoms with Crippen LogP contribution in [0.15, 0.2) is 42.7 Å². The van der Waals surface area contributed by atoms with E-state index in [-0.39, 0.29) is 5.56 Å². The Bertz CT molecular complexity index is 723. The summed E-state index contributed by atoms with van der Waals surface area (Å²) in [5, 5.41) is 10.4. The van der Waals surface area contributed by atoms with Gasteiger partial charge in [-0.2, -0.15) is 0 Å². The molecule has 6 heteroatoms. The number of anilines is 1. The zero-order valence-electron chi connectivity index (χ0n) is 12.4. The second kappa shape index (κ2) is 6.28. The Morgan fingerprint density at radius 2 is 1.91 bits per heavy atom. The zero-order valence-corrected chi connectivity index (χ0v) is 12.4. The Labute approximate surface area is 128 Å². The molecule has 6 nitrogen and oxygen atoms in total. The Balaban J connectivity index is 2.33. The minimum Gasteiger partial charge on any atom is -0.478 e. The standard InChI is InChI=1S/C16H18N4O2/c1-10-3-5-12(16(21)22)7-15(10)20(18)9-14(17)13-6-4-11(2)19-8-13/h3-9H,17-18H2,1-2H3,(H,21,22). The van der Waals surface area contributed by atoms with E-state index in [0.717, 1.165) is 16.8 Å². The van der Waals surface area contributed by atoms with Crippen molar-refractivity contribution in [2.24, 2.45) is 11.6 Å². The first kappa shape index (κ1) is 15.5. The van der Waals surface area contributed by atoms with Crippen LogP contribution in [0.3, 0.4) is 0 Å². The van der Waals surface area contributed by atoms with E-state index in [9.17, 15) is 4.79 Å². The predicted molar refractivity (Wildman–Crippen MR) is 85.9 cm³/mol. The summed E-state index contributed by atoms with van der Waals surface area (Å²) in [6.45, 7) is 3.73. The molecule has 1 heterocycles. The van der Waals surface area contributed by atoms with Gasteiger partial charge in [-0.15, -0.1) is 0 Å². The third-order valence-corrected chi connectivity index (χ3v) is 3.26. The minimum atomic E-state index is -1.01. The molecule has 0 spiro atoms. The lowest BCUT2D eigenvalue weighted by Crippen LogP contribution is -2.26. The van der Waals surface area contributed by atoms with Crippen LogP contribution in [0.2, 0.25) is 0 Å². The van der Waals surface area contributed by atoms with Crippen molar-refractivity contribution in [1.29, 1.82) is 0 Å². The van der Waals surface area contributed by atoms with Gasteiger partial charge in [0.05, 0.1) is 16.9 Å². The van der Waals surface area contributed by atoms with Gasteiger partial charge < -0.3 is 10.8 Å². The Hall–Kier alpha value is -2.86. The molecule has 2 aromatic rings. The highest BCUT2D eigenvalue weighted by Crippen LogP contribution is 2.21. The number of rotatable bonds is 4. The summed E-state index contributed by atoms with van der Waals surface area (Å²) in [7, 11) is 0. The number of hydrogen-bond donors (Lipinski definition) is 3. The van der Waals surface area contributed by atoms with E-state index in [2.05, 4.69) is 4.98 Å². The second-order valence-electron chi connectivity index (χ2n) is 4.99.